The van der Waals surface area contributed by atoms with Crippen molar-refractivity contribution < 1.29 is 0 Å². The summed E-state index contributed by atoms with van der Waals surface area (Å²) in [6.45, 7) is 6.90. The highest BCUT2D eigenvalue weighted by molar-refractivity contribution is 5.98. The largest absolute Gasteiger partial charge is 0.276 e. The van der Waals surface area contributed by atoms with Gasteiger partial charge in [-0.3, -0.25) is 4.40 Å². The zero-order valence-corrected chi connectivity index (χ0v) is 26.2. The van der Waals surface area contributed by atoms with Crippen molar-refractivity contribution in [2.75, 3.05) is 0 Å². The molecule has 0 fully saturated rings. The molecule has 9 rings (SSSR count). The van der Waals surface area contributed by atoms with Gasteiger partial charge in [-0.1, -0.05) is 136 Å². The van der Waals surface area contributed by atoms with Crippen LogP contribution in [0.1, 0.15) is 48.6 Å². The molecule has 6 aromatic carbocycles. The molecule has 220 valence electrons. The van der Waals surface area contributed by atoms with Crippen molar-refractivity contribution in [1.82, 2.24) is 14.4 Å². The fraction of sp³-hybridized carbons (Fsp3) is 0.116. The molecule has 3 heteroatoms. The highest BCUT2D eigenvalue weighted by atomic mass is 15.1. The van der Waals surface area contributed by atoms with Crippen molar-refractivity contribution in [2.24, 2.45) is 0 Å². The maximum Gasteiger partial charge on any atom is 0.149 e. The van der Waals surface area contributed by atoms with Gasteiger partial charge in [0.2, 0.25) is 0 Å². The van der Waals surface area contributed by atoms with Crippen molar-refractivity contribution in [1.29, 1.82) is 0 Å². The smallest absolute Gasteiger partial charge is 0.149 e. The minimum atomic E-state index is -0.503. The Labute approximate surface area is 268 Å². The summed E-state index contributed by atoms with van der Waals surface area (Å²) in [4.78, 5) is 10.4. The number of para-hydroxylation sites is 3. The maximum atomic E-state index is 5.33. The Kier molecular flexibility index (Phi) is 5.67. The van der Waals surface area contributed by atoms with Crippen LogP contribution >= 0.6 is 0 Å². The summed E-state index contributed by atoms with van der Waals surface area (Å²) in [6, 6.07) is 52.8. The van der Waals surface area contributed by atoms with Crippen LogP contribution in [0.2, 0.25) is 0 Å². The lowest BCUT2D eigenvalue weighted by Gasteiger charge is -2.35. The van der Waals surface area contributed by atoms with Gasteiger partial charge in [-0.15, -0.1) is 0 Å². The summed E-state index contributed by atoms with van der Waals surface area (Å²) in [5.41, 5.74) is 13.5. The Balaban J connectivity index is 1.41. The first kappa shape index (κ1) is 26.8. The number of rotatable bonds is 3. The van der Waals surface area contributed by atoms with Crippen LogP contribution in [0.4, 0.5) is 0 Å². The third-order valence-electron chi connectivity index (χ3n) is 9.82. The van der Waals surface area contributed by atoms with Gasteiger partial charge >= 0.3 is 0 Å². The SMILES string of the molecule is CC(C)(C)c1ccc2c(c1)C(c1ccccc1)(c1ccccc1)c1cc(-c3nc4ccccc4c4nc5ccccc5n34)ccc1-2. The number of nitrogens with zero attached hydrogens (tertiary/aromatic N) is 3. The lowest BCUT2D eigenvalue weighted by atomic mass is 9.67. The standard InChI is InChI=1S/C43H33N3/c1-42(2,3)31-23-25-33-32-24-22-28(40-44-37-19-11-10-18-34(37)41-45-38-20-12-13-21-39(38)46(40)41)26-35(32)43(36(33)27-31,29-14-6-4-7-15-29)30-16-8-5-9-17-30/h4-27H,1-3H3. The van der Waals surface area contributed by atoms with Gasteiger partial charge in [0, 0.05) is 10.9 Å². The Hall–Kier alpha value is -5.54. The van der Waals surface area contributed by atoms with Crippen LogP contribution in [0.5, 0.6) is 0 Å². The average Bonchev–Trinajstić information content (AvgIpc) is 3.62. The molecule has 0 aliphatic heterocycles. The van der Waals surface area contributed by atoms with Crippen molar-refractivity contribution in [3.8, 4) is 22.5 Å². The number of imidazole rings is 1. The lowest BCUT2D eigenvalue weighted by molar-refractivity contribution is 0.588. The van der Waals surface area contributed by atoms with Crippen molar-refractivity contribution in [3.05, 3.63) is 173 Å². The molecule has 1 aliphatic rings. The van der Waals surface area contributed by atoms with E-state index in [4.69, 9.17) is 9.97 Å². The summed E-state index contributed by atoms with van der Waals surface area (Å²) in [7, 11) is 0. The zero-order chi connectivity index (χ0) is 31.0. The fourth-order valence-corrected chi connectivity index (χ4v) is 7.63. The molecular formula is C43H33N3. The molecule has 0 spiro atoms. The van der Waals surface area contributed by atoms with Gasteiger partial charge in [0.1, 0.15) is 11.5 Å². The normalized spacial score (nSPS) is 13.7. The van der Waals surface area contributed by atoms with E-state index in [9.17, 15) is 0 Å². The minimum absolute atomic E-state index is 0.0111. The first-order valence-electron chi connectivity index (χ1n) is 16.0. The first-order valence-corrected chi connectivity index (χ1v) is 16.0. The molecule has 0 bridgehead atoms. The predicted molar refractivity (Wildman–Crippen MR) is 189 cm³/mol. The van der Waals surface area contributed by atoms with Gasteiger partial charge in [0.25, 0.3) is 0 Å². The quantitative estimate of drug-likeness (QED) is 0.205. The van der Waals surface area contributed by atoms with Crippen LogP contribution in [0.25, 0.3) is 50.1 Å². The van der Waals surface area contributed by atoms with Crippen molar-refractivity contribution >= 4 is 27.6 Å². The second-order valence-electron chi connectivity index (χ2n) is 13.5. The van der Waals surface area contributed by atoms with E-state index >= 15 is 0 Å². The molecule has 0 amide bonds. The van der Waals surface area contributed by atoms with Crippen LogP contribution in [-0.4, -0.2) is 14.4 Å². The average molecular weight is 592 g/mol. The van der Waals surface area contributed by atoms with E-state index in [2.05, 4.69) is 171 Å². The maximum absolute atomic E-state index is 5.33. The monoisotopic (exact) mass is 591 g/mol. The van der Waals surface area contributed by atoms with Gasteiger partial charge in [-0.05, 0) is 74.7 Å². The highest BCUT2D eigenvalue weighted by Crippen LogP contribution is 2.57. The molecule has 46 heavy (non-hydrogen) atoms. The highest BCUT2D eigenvalue weighted by Gasteiger charge is 2.46. The van der Waals surface area contributed by atoms with Crippen LogP contribution in [0, 0.1) is 0 Å². The number of hydrogen-bond acceptors (Lipinski definition) is 2. The topological polar surface area (TPSA) is 30.2 Å². The summed E-state index contributed by atoms with van der Waals surface area (Å²) in [6.07, 6.45) is 0. The van der Waals surface area contributed by atoms with Crippen LogP contribution in [-0.2, 0) is 10.8 Å². The van der Waals surface area contributed by atoms with Gasteiger partial charge in [-0.2, -0.15) is 0 Å². The van der Waals surface area contributed by atoms with Gasteiger partial charge < -0.3 is 0 Å². The van der Waals surface area contributed by atoms with E-state index in [-0.39, 0.29) is 5.41 Å². The molecule has 8 aromatic rings. The number of benzene rings is 6. The Bertz CT molecular complexity index is 2410. The molecule has 3 nitrogen and oxygen atoms in total. The number of hydrogen-bond donors (Lipinski definition) is 0. The van der Waals surface area contributed by atoms with Crippen molar-refractivity contribution in [2.45, 2.75) is 31.6 Å². The molecule has 0 saturated heterocycles. The second-order valence-corrected chi connectivity index (χ2v) is 13.5. The summed E-state index contributed by atoms with van der Waals surface area (Å²) < 4.78 is 2.24. The van der Waals surface area contributed by atoms with Crippen LogP contribution < -0.4 is 0 Å². The number of aromatic nitrogens is 3. The summed E-state index contributed by atoms with van der Waals surface area (Å²) in [5.74, 6) is 0.895. The third kappa shape index (κ3) is 3.72. The molecule has 2 aromatic heterocycles. The van der Waals surface area contributed by atoms with Crippen LogP contribution in [0.15, 0.2) is 146 Å². The Morgan fingerprint density at radius 2 is 1.13 bits per heavy atom. The van der Waals surface area contributed by atoms with E-state index in [1.54, 1.807) is 0 Å². The molecule has 1 aliphatic carbocycles. The van der Waals surface area contributed by atoms with Gasteiger partial charge in [0.05, 0.1) is 22.0 Å². The van der Waals surface area contributed by atoms with E-state index in [1.165, 1.54) is 38.9 Å². The molecule has 2 heterocycles. The Morgan fingerprint density at radius 1 is 0.543 bits per heavy atom. The molecule has 0 saturated carbocycles. The number of fused-ring (bicyclic) bond motifs is 8. The van der Waals surface area contributed by atoms with E-state index in [0.29, 0.717) is 0 Å². The van der Waals surface area contributed by atoms with Crippen LogP contribution in [0.3, 0.4) is 0 Å². The second kappa shape index (κ2) is 9.73. The predicted octanol–water partition coefficient (Wildman–Crippen LogP) is 10.4. The van der Waals surface area contributed by atoms with E-state index < -0.39 is 5.41 Å². The molecule has 0 N–H and O–H groups in total. The summed E-state index contributed by atoms with van der Waals surface area (Å²) in [5, 5.41) is 1.05. The van der Waals surface area contributed by atoms with Crippen molar-refractivity contribution in [3.63, 3.8) is 0 Å². The zero-order valence-electron chi connectivity index (χ0n) is 26.2. The lowest BCUT2D eigenvalue weighted by Crippen LogP contribution is -2.29. The molecule has 0 radical (unpaired) electrons. The third-order valence-corrected chi connectivity index (χ3v) is 9.82. The van der Waals surface area contributed by atoms with Gasteiger partial charge in [-0.25, -0.2) is 9.97 Å². The molecule has 0 unspecified atom stereocenters. The first-order chi connectivity index (χ1) is 22.4. The minimum Gasteiger partial charge on any atom is -0.276 e. The molecule has 0 atom stereocenters. The fourth-order valence-electron chi connectivity index (χ4n) is 7.63. The van der Waals surface area contributed by atoms with Gasteiger partial charge in [0.15, 0.2) is 0 Å². The van der Waals surface area contributed by atoms with E-state index in [0.717, 1.165) is 39.0 Å². The Morgan fingerprint density at radius 3 is 1.83 bits per heavy atom. The molecular weight excluding hydrogens is 558 g/mol. The van der Waals surface area contributed by atoms with E-state index in [1.807, 2.05) is 0 Å². The summed E-state index contributed by atoms with van der Waals surface area (Å²) >= 11 is 0.